The van der Waals surface area contributed by atoms with Crippen molar-refractivity contribution in [2.45, 2.75) is 30.7 Å². The van der Waals surface area contributed by atoms with Crippen LogP contribution in [0.3, 0.4) is 0 Å². The van der Waals surface area contributed by atoms with Crippen LogP contribution in [0, 0.1) is 6.92 Å². The van der Waals surface area contributed by atoms with Gasteiger partial charge in [0.2, 0.25) is 10.0 Å². The monoisotopic (exact) mass is 346 g/mol. The summed E-state index contributed by atoms with van der Waals surface area (Å²) in [5.41, 5.74) is 11.2. The van der Waals surface area contributed by atoms with E-state index in [4.69, 9.17) is 16.6 Å². The van der Waals surface area contributed by atoms with E-state index >= 15 is 0 Å². The van der Waals surface area contributed by atoms with Crippen LogP contribution in [-0.2, 0) is 14.8 Å². The van der Waals surface area contributed by atoms with Crippen molar-refractivity contribution in [2.75, 3.05) is 6.54 Å². The number of aryl methyl sites for hydroxylation is 1. The molecule has 0 aliphatic rings. The molecule has 0 aromatic heterocycles. The van der Waals surface area contributed by atoms with Gasteiger partial charge in [-0.05, 0) is 31.9 Å². The van der Waals surface area contributed by atoms with E-state index in [1.807, 2.05) is 6.92 Å². The zero-order valence-electron chi connectivity index (χ0n) is 12.7. The number of carboxylic acids is 1. The van der Waals surface area contributed by atoms with E-state index in [9.17, 15) is 13.2 Å². The van der Waals surface area contributed by atoms with Crippen LogP contribution in [0.15, 0.2) is 34.2 Å². The van der Waals surface area contributed by atoms with Gasteiger partial charge in [-0.15, -0.1) is 0 Å². The van der Waals surface area contributed by atoms with E-state index in [1.165, 1.54) is 12.1 Å². The van der Waals surface area contributed by atoms with E-state index in [0.29, 0.717) is 6.42 Å². The van der Waals surface area contributed by atoms with Crippen LogP contribution in [0.4, 0.5) is 0 Å². The highest BCUT2D eigenvalue weighted by molar-refractivity contribution is 7.89. The van der Waals surface area contributed by atoms with Crippen molar-refractivity contribution in [2.24, 2.45) is 16.5 Å². The standard InChI is InChI=1S/C13H20N4O4S.H2O/c1-9-4-6-10(7-5-9)22(20,21)17-11(12(18)19)3-2-8-16-13(14)15;/h4-7,11,17H,2-3,8H2,1H3,(H,18,19)(H4,14,15,16);1H2/t11-;/m0./s1. The van der Waals surface area contributed by atoms with Gasteiger partial charge in [-0.2, -0.15) is 4.72 Å². The Labute approximate surface area is 134 Å². The van der Waals surface area contributed by atoms with Crippen molar-refractivity contribution in [3.05, 3.63) is 29.8 Å². The molecule has 10 heteroatoms. The molecule has 0 aliphatic carbocycles. The van der Waals surface area contributed by atoms with Gasteiger partial charge in [0.1, 0.15) is 6.04 Å². The van der Waals surface area contributed by atoms with Crippen LogP contribution in [0.5, 0.6) is 0 Å². The third-order valence-corrected chi connectivity index (χ3v) is 4.36. The van der Waals surface area contributed by atoms with E-state index in [0.717, 1.165) is 5.56 Å². The summed E-state index contributed by atoms with van der Waals surface area (Å²) in [5, 5.41) is 9.12. The topological polar surface area (TPSA) is 179 Å². The fraction of sp³-hybridized carbons (Fsp3) is 0.385. The van der Waals surface area contributed by atoms with Gasteiger partial charge in [0.25, 0.3) is 0 Å². The number of nitrogens with one attached hydrogen (secondary N) is 1. The zero-order chi connectivity index (χ0) is 16.8. The summed E-state index contributed by atoms with van der Waals surface area (Å²) in [6, 6.07) is 4.90. The Morgan fingerprint density at radius 2 is 1.87 bits per heavy atom. The van der Waals surface area contributed by atoms with Crippen LogP contribution in [0.1, 0.15) is 18.4 Å². The normalized spacial score (nSPS) is 12.0. The average Bonchev–Trinajstić information content (AvgIpc) is 2.42. The number of guanidine groups is 1. The van der Waals surface area contributed by atoms with Gasteiger partial charge < -0.3 is 22.1 Å². The molecular formula is C13H22N4O5S. The number of hydrogen-bond donors (Lipinski definition) is 4. The van der Waals surface area contributed by atoms with Crippen LogP contribution in [0.2, 0.25) is 0 Å². The minimum absolute atomic E-state index is 0. The largest absolute Gasteiger partial charge is 0.480 e. The Bertz CT molecular complexity index is 639. The van der Waals surface area contributed by atoms with Gasteiger partial charge in [0, 0.05) is 6.54 Å². The molecule has 1 atom stereocenters. The molecule has 130 valence electrons. The van der Waals surface area contributed by atoms with E-state index in [2.05, 4.69) is 9.71 Å². The SMILES string of the molecule is Cc1ccc(S(=O)(=O)N[C@@H](CCCN=C(N)N)C(=O)O)cc1.O. The number of nitrogens with two attached hydrogens (primary N) is 2. The lowest BCUT2D eigenvalue weighted by molar-refractivity contribution is -0.139. The number of aliphatic carboxylic acids is 1. The first-order valence-corrected chi connectivity index (χ1v) is 8.08. The molecule has 0 bridgehead atoms. The number of sulfonamides is 1. The lowest BCUT2D eigenvalue weighted by Gasteiger charge is -2.14. The highest BCUT2D eigenvalue weighted by Crippen LogP contribution is 2.12. The van der Waals surface area contributed by atoms with Crippen molar-refractivity contribution in [1.29, 1.82) is 0 Å². The summed E-state index contributed by atoms with van der Waals surface area (Å²) in [6.07, 6.45) is 0.419. The summed E-state index contributed by atoms with van der Waals surface area (Å²) in [7, 11) is -3.89. The highest BCUT2D eigenvalue weighted by atomic mass is 32.2. The molecule has 0 heterocycles. The van der Waals surface area contributed by atoms with Crippen LogP contribution in [0.25, 0.3) is 0 Å². The smallest absolute Gasteiger partial charge is 0.321 e. The lowest BCUT2D eigenvalue weighted by atomic mass is 10.2. The Balaban J connectivity index is 0.00000484. The molecular weight excluding hydrogens is 324 g/mol. The molecule has 8 N–H and O–H groups in total. The molecule has 0 saturated heterocycles. The maximum Gasteiger partial charge on any atom is 0.321 e. The lowest BCUT2D eigenvalue weighted by Crippen LogP contribution is -2.40. The molecule has 0 unspecified atom stereocenters. The Hall–Kier alpha value is -2.17. The fourth-order valence-corrected chi connectivity index (χ4v) is 2.93. The Kier molecular flexibility index (Phi) is 8.22. The Morgan fingerprint density at radius 1 is 1.30 bits per heavy atom. The van der Waals surface area contributed by atoms with Gasteiger partial charge in [0.15, 0.2) is 5.96 Å². The van der Waals surface area contributed by atoms with Gasteiger partial charge >= 0.3 is 5.97 Å². The molecule has 1 aromatic carbocycles. The molecule has 1 aromatic rings. The minimum Gasteiger partial charge on any atom is -0.480 e. The summed E-state index contributed by atoms with van der Waals surface area (Å²) in [4.78, 5) is 14.9. The average molecular weight is 346 g/mol. The van der Waals surface area contributed by atoms with Crippen LogP contribution >= 0.6 is 0 Å². The summed E-state index contributed by atoms with van der Waals surface area (Å²) >= 11 is 0. The van der Waals surface area contributed by atoms with Gasteiger partial charge in [-0.3, -0.25) is 9.79 Å². The molecule has 0 fully saturated rings. The first-order valence-electron chi connectivity index (χ1n) is 6.59. The number of hydrogen-bond acceptors (Lipinski definition) is 4. The second-order valence-corrected chi connectivity index (χ2v) is 6.49. The highest BCUT2D eigenvalue weighted by Gasteiger charge is 2.24. The predicted octanol–water partition coefficient (Wildman–Crippen LogP) is -1.04. The van der Waals surface area contributed by atoms with Crippen LogP contribution in [-0.4, -0.2) is 43.5 Å². The molecule has 9 nitrogen and oxygen atoms in total. The number of aliphatic imine (C=N–C) groups is 1. The quantitative estimate of drug-likeness (QED) is 0.265. The van der Waals surface area contributed by atoms with Crippen molar-refractivity contribution in [3.8, 4) is 0 Å². The molecule has 1 rings (SSSR count). The number of rotatable bonds is 8. The fourth-order valence-electron chi connectivity index (χ4n) is 1.71. The maximum atomic E-state index is 12.2. The van der Waals surface area contributed by atoms with E-state index < -0.39 is 22.0 Å². The summed E-state index contributed by atoms with van der Waals surface area (Å²) in [6.45, 7) is 2.06. The number of benzene rings is 1. The molecule has 0 radical (unpaired) electrons. The summed E-state index contributed by atoms with van der Waals surface area (Å²) < 4.78 is 26.5. The number of nitrogens with zero attached hydrogens (tertiary/aromatic N) is 1. The predicted molar refractivity (Wildman–Crippen MR) is 86.4 cm³/mol. The van der Waals surface area contributed by atoms with E-state index in [1.54, 1.807) is 12.1 Å². The van der Waals surface area contributed by atoms with Crippen molar-refractivity contribution in [3.63, 3.8) is 0 Å². The van der Waals surface area contributed by atoms with Crippen LogP contribution < -0.4 is 16.2 Å². The molecule has 0 spiro atoms. The van der Waals surface area contributed by atoms with Gasteiger partial charge in [-0.1, -0.05) is 17.7 Å². The third kappa shape index (κ3) is 7.08. The van der Waals surface area contributed by atoms with Crippen molar-refractivity contribution in [1.82, 2.24) is 4.72 Å². The van der Waals surface area contributed by atoms with Crippen molar-refractivity contribution >= 4 is 22.0 Å². The van der Waals surface area contributed by atoms with E-state index in [-0.39, 0.29) is 29.3 Å². The Morgan fingerprint density at radius 3 is 2.35 bits per heavy atom. The second kappa shape index (κ2) is 9.08. The molecule has 0 saturated carbocycles. The molecule has 23 heavy (non-hydrogen) atoms. The maximum absolute atomic E-state index is 12.2. The molecule has 0 aliphatic heterocycles. The first kappa shape index (κ1) is 20.8. The zero-order valence-corrected chi connectivity index (χ0v) is 13.5. The van der Waals surface area contributed by atoms with Gasteiger partial charge in [-0.25, -0.2) is 8.42 Å². The van der Waals surface area contributed by atoms with Crippen molar-refractivity contribution < 1.29 is 23.8 Å². The number of carbonyl (C=O) groups is 1. The second-order valence-electron chi connectivity index (χ2n) is 4.77. The van der Waals surface area contributed by atoms with Gasteiger partial charge in [0.05, 0.1) is 4.90 Å². The molecule has 0 amide bonds. The first-order chi connectivity index (χ1) is 10.2. The summed E-state index contributed by atoms with van der Waals surface area (Å²) in [5.74, 6) is -1.34. The minimum atomic E-state index is -3.89. The number of carboxylic acid groups (broad SMARTS) is 1. The third-order valence-electron chi connectivity index (χ3n) is 2.87.